The fourth-order valence-corrected chi connectivity index (χ4v) is 5.43. The largest absolute Gasteiger partial charge is 0.481 e. The number of carbonyl (C=O) groups is 3. The summed E-state index contributed by atoms with van der Waals surface area (Å²) in [5.41, 5.74) is 4.46. The van der Waals surface area contributed by atoms with Crippen molar-refractivity contribution in [3.8, 4) is 11.1 Å². The molecular formula is C27H33N3O5. The Kier molecular flexibility index (Phi) is 7.40. The predicted molar refractivity (Wildman–Crippen MR) is 132 cm³/mol. The fourth-order valence-electron chi connectivity index (χ4n) is 5.43. The van der Waals surface area contributed by atoms with Crippen molar-refractivity contribution in [2.24, 2.45) is 0 Å². The molecule has 2 N–H and O–H groups in total. The zero-order valence-electron chi connectivity index (χ0n) is 20.4. The van der Waals surface area contributed by atoms with Crippen LogP contribution < -0.4 is 5.32 Å². The third kappa shape index (κ3) is 5.17. The van der Waals surface area contributed by atoms with E-state index in [-0.39, 0.29) is 43.4 Å². The predicted octanol–water partition coefficient (Wildman–Crippen LogP) is 3.31. The highest BCUT2D eigenvalue weighted by Crippen LogP contribution is 2.44. The quantitative estimate of drug-likeness (QED) is 0.603. The molecule has 1 aliphatic carbocycles. The summed E-state index contributed by atoms with van der Waals surface area (Å²) in [6.45, 7) is 2.68. The first-order valence-corrected chi connectivity index (χ1v) is 12.1. The number of likely N-dealkylation sites (N-methyl/N-ethyl adjacent to an activating group) is 1. The third-order valence-corrected chi connectivity index (χ3v) is 7.24. The molecule has 8 nitrogen and oxygen atoms in total. The molecule has 1 aliphatic heterocycles. The van der Waals surface area contributed by atoms with E-state index < -0.39 is 18.1 Å². The smallest absolute Gasteiger partial charge is 0.407 e. The van der Waals surface area contributed by atoms with Crippen molar-refractivity contribution >= 4 is 18.0 Å². The number of rotatable bonds is 8. The zero-order valence-corrected chi connectivity index (χ0v) is 20.4. The summed E-state index contributed by atoms with van der Waals surface area (Å²) in [4.78, 5) is 41.1. The molecule has 2 aromatic carbocycles. The van der Waals surface area contributed by atoms with E-state index in [1.807, 2.05) is 57.4 Å². The van der Waals surface area contributed by atoms with Crippen LogP contribution in [0.5, 0.6) is 0 Å². The first-order valence-electron chi connectivity index (χ1n) is 12.1. The van der Waals surface area contributed by atoms with Gasteiger partial charge in [0.05, 0.1) is 0 Å². The van der Waals surface area contributed by atoms with Crippen LogP contribution in [0, 0.1) is 0 Å². The van der Waals surface area contributed by atoms with Crippen LogP contribution in [-0.2, 0) is 14.3 Å². The van der Waals surface area contributed by atoms with Gasteiger partial charge in [-0.3, -0.25) is 9.59 Å². The number of carboxylic acids is 1. The topological polar surface area (TPSA) is 99.2 Å². The van der Waals surface area contributed by atoms with Crippen LogP contribution in [0.2, 0.25) is 0 Å². The fraction of sp³-hybridized carbons (Fsp3) is 0.444. The van der Waals surface area contributed by atoms with Crippen molar-refractivity contribution in [3.05, 3.63) is 59.7 Å². The lowest BCUT2D eigenvalue weighted by Crippen LogP contribution is -2.51. The monoisotopic (exact) mass is 479 g/mol. The Morgan fingerprint density at radius 3 is 2.23 bits per heavy atom. The number of nitrogens with one attached hydrogen (secondary N) is 1. The zero-order chi connectivity index (χ0) is 25.1. The number of aliphatic carboxylic acids is 1. The van der Waals surface area contributed by atoms with Gasteiger partial charge in [-0.1, -0.05) is 48.5 Å². The van der Waals surface area contributed by atoms with Crippen LogP contribution >= 0.6 is 0 Å². The van der Waals surface area contributed by atoms with E-state index in [2.05, 4.69) is 22.3 Å². The second kappa shape index (κ2) is 10.5. The standard InChI is InChI=1S/C27H33N3O5/c1-17-24(29(2)3)14-15-30(17)26(33)23(12-13-25(31)32)28-27(34)35-16-22-20-10-6-4-8-18(20)19-9-5-7-11-21(19)22/h4-11,17,22-24H,12-16H2,1-3H3,(H,28,34)(H,31,32). The van der Waals surface area contributed by atoms with Crippen LogP contribution in [0.15, 0.2) is 48.5 Å². The molecule has 35 heavy (non-hydrogen) atoms. The molecular weight excluding hydrogens is 446 g/mol. The molecule has 3 atom stereocenters. The molecule has 186 valence electrons. The highest BCUT2D eigenvalue weighted by atomic mass is 16.5. The van der Waals surface area contributed by atoms with Crippen LogP contribution in [0.4, 0.5) is 4.79 Å². The van der Waals surface area contributed by atoms with Gasteiger partial charge in [0, 0.05) is 31.0 Å². The summed E-state index contributed by atoms with van der Waals surface area (Å²) in [6, 6.07) is 15.3. The van der Waals surface area contributed by atoms with Crippen molar-refractivity contribution in [3.63, 3.8) is 0 Å². The summed E-state index contributed by atoms with van der Waals surface area (Å²) in [5, 5.41) is 11.8. The van der Waals surface area contributed by atoms with Gasteiger partial charge in [-0.15, -0.1) is 0 Å². The molecule has 2 aliphatic rings. The number of hydrogen-bond donors (Lipinski definition) is 2. The van der Waals surface area contributed by atoms with Crippen molar-refractivity contribution in [2.45, 2.75) is 50.2 Å². The number of nitrogens with zero attached hydrogens (tertiary/aromatic N) is 2. The first kappa shape index (κ1) is 24.7. The van der Waals surface area contributed by atoms with E-state index in [0.717, 1.165) is 28.7 Å². The maximum atomic E-state index is 13.3. The first-order chi connectivity index (χ1) is 16.8. The van der Waals surface area contributed by atoms with Crippen LogP contribution in [-0.4, -0.2) is 78.2 Å². The summed E-state index contributed by atoms with van der Waals surface area (Å²) in [7, 11) is 3.96. The molecule has 0 aromatic heterocycles. The summed E-state index contributed by atoms with van der Waals surface area (Å²) < 4.78 is 5.60. The van der Waals surface area contributed by atoms with Gasteiger partial charge in [0.2, 0.25) is 5.91 Å². The third-order valence-electron chi connectivity index (χ3n) is 7.24. The van der Waals surface area contributed by atoms with E-state index in [0.29, 0.717) is 6.54 Å². The Morgan fingerprint density at radius 2 is 1.69 bits per heavy atom. The Morgan fingerprint density at radius 1 is 1.09 bits per heavy atom. The minimum atomic E-state index is -1.02. The van der Waals surface area contributed by atoms with Crippen LogP contribution in [0.1, 0.15) is 43.2 Å². The van der Waals surface area contributed by atoms with Crippen molar-refractivity contribution in [1.82, 2.24) is 15.1 Å². The van der Waals surface area contributed by atoms with Crippen LogP contribution in [0.25, 0.3) is 11.1 Å². The molecule has 4 rings (SSSR count). The minimum absolute atomic E-state index is 0.00815. The molecule has 1 heterocycles. The molecule has 0 bridgehead atoms. The number of hydrogen-bond acceptors (Lipinski definition) is 5. The Balaban J connectivity index is 1.43. The van der Waals surface area contributed by atoms with E-state index >= 15 is 0 Å². The average Bonchev–Trinajstić information content (AvgIpc) is 3.38. The molecule has 0 saturated carbocycles. The molecule has 1 saturated heterocycles. The number of fused-ring (bicyclic) bond motifs is 3. The molecule has 0 radical (unpaired) electrons. The molecule has 2 amide bonds. The van der Waals surface area contributed by atoms with Gasteiger partial charge in [0.25, 0.3) is 0 Å². The second-order valence-electron chi connectivity index (χ2n) is 9.55. The van der Waals surface area contributed by atoms with Gasteiger partial charge in [-0.25, -0.2) is 4.79 Å². The summed E-state index contributed by atoms with van der Waals surface area (Å²) >= 11 is 0. The minimum Gasteiger partial charge on any atom is -0.481 e. The second-order valence-corrected chi connectivity index (χ2v) is 9.55. The lowest BCUT2D eigenvalue weighted by Gasteiger charge is -2.31. The van der Waals surface area contributed by atoms with Crippen molar-refractivity contribution < 1.29 is 24.2 Å². The van der Waals surface area contributed by atoms with E-state index in [1.54, 1.807) is 4.90 Å². The van der Waals surface area contributed by atoms with Crippen LogP contribution in [0.3, 0.4) is 0 Å². The van der Waals surface area contributed by atoms with Gasteiger partial charge in [-0.05, 0) is 56.1 Å². The number of ether oxygens (including phenoxy) is 1. The van der Waals surface area contributed by atoms with Crippen molar-refractivity contribution in [2.75, 3.05) is 27.2 Å². The van der Waals surface area contributed by atoms with Crippen molar-refractivity contribution in [1.29, 1.82) is 0 Å². The van der Waals surface area contributed by atoms with Gasteiger partial charge in [-0.2, -0.15) is 0 Å². The molecule has 2 aromatic rings. The van der Waals surface area contributed by atoms with Gasteiger partial charge in [0.15, 0.2) is 0 Å². The molecule has 8 heteroatoms. The Bertz CT molecular complexity index is 1060. The number of carboxylic acid groups (broad SMARTS) is 1. The summed E-state index contributed by atoms with van der Waals surface area (Å²) in [5.74, 6) is -1.38. The van der Waals surface area contributed by atoms with Gasteiger partial charge >= 0.3 is 12.1 Å². The number of alkyl carbamates (subject to hydrolysis) is 1. The normalized spacial score (nSPS) is 19.8. The maximum absolute atomic E-state index is 13.3. The Hall–Kier alpha value is -3.39. The SMILES string of the molecule is CC1C(N(C)C)CCN1C(=O)C(CCC(=O)O)NC(=O)OCC1c2ccccc2-c2ccccc21. The lowest BCUT2D eigenvalue weighted by atomic mass is 9.98. The number of benzene rings is 2. The van der Waals surface area contributed by atoms with E-state index in [4.69, 9.17) is 9.84 Å². The number of likely N-dealkylation sites (tertiary alicyclic amines) is 1. The Labute approximate surface area is 205 Å². The number of carbonyl (C=O) groups excluding carboxylic acids is 2. The van der Waals surface area contributed by atoms with E-state index in [9.17, 15) is 14.4 Å². The summed E-state index contributed by atoms with van der Waals surface area (Å²) in [6.07, 6.45) is -0.101. The molecule has 1 fully saturated rings. The van der Waals surface area contributed by atoms with Gasteiger partial charge in [0.1, 0.15) is 12.6 Å². The number of amides is 2. The average molecular weight is 480 g/mol. The lowest BCUT2D eigenvalue weighted by molar-refractivity contribution is -0.138. The molecule has 3 unspecified atom stereocenters. The van der Waals surface area contributed by atoms with Gasteiger partial charge < -0.3 is 25.0 Å². The highest BCUT2D eigenvalue weighted by Gasteiger charge is 2.38. The maximum Gasteiger partial charge on any atom is 0.407 e. The molecule has 0 spiro atoms. The highest BCUT2D eigenvalue weighted by molar-refractivity contribution is 5.87. The van der Waals surface area contributed by atoms with E-state index in [1.165, 1.54) is 0 Å².